The van der Waals surface area contributed by atoms with E-state index in [-0.39, 0.29) is 5.54 Å². The largest absolute Gasteiger partial charge is 0.492 e. The van der Waals surface area contributed by atoms with E-state index >= 15 is 0 Å². The number of benzene rings is 1. The van der Waals surface area contributed by atoms with E-state index < -0.39 is 0 Å². The molecule has 19 heavy (non-hydrogen) atoms. The average Bonchev–Trinajstić information content (AvgIpc) is 2.33. The van der Waals surface area contributed by atoms with Crippen molar-refractivity contribution in [1.29, 1.82) is 0 Å². The van der Waals surface area contributed by atoms with Gasteiger partial charge in [-0.1, -0.05) is 12.1 Å². The Kier molecular flexibility index (Phi) is 7.26. The molecule has 0 spiro atoms. The smallest absolute Gasteiger partial charge is 0.137 e. The topological polar surface area (TPSA) is 21.3 Å². The lowest BCUT2D eigenvalue weighted by Crippen LogP contribution is -2.35. The third kappa shape index (κ3) is 6.68. The van der Waals surface area contributed by atoms with Crippen molar-refractivity contribution in [1.82, 2.24) is 5.32 Å². The molecule has 1 aromatic carbocycles. The zero-order valence-corrected chi connectivity index (χ0v) is 14.7. The van der Waals surface area contributed by atoms with E-state index in [0.29, 0.717) is 0 Å². The highest BCUT2D eigenvalue weighted by Crippen LogP contribution is 2.29. The van der Waals surface area contributed by atoms with Crippen LogP contribution in [0, 0.1) is 0 Å². The van der Waals surface area contributed by atoms with Gasteiger partial charge >= 0.3 is 0 Å². The predicted molar refractivity (Wildman–Crippen MR) is 89.2 cm³/mol. The first-order chi connectivity index (χ1) is 8.94. The maximum absolute atomic E-state index is 5.94. The van der Waals surface area contributed by atoms with Gasteiger partial charge in [0.15, 0.2) is 0 Å². The molecule has 4 heteroatoms. The van der Waals surface area contributed by atoms with Crippen LogP contribution in [0.1, 0.15) is 32.8 Å². The van der Waals surface area contributed by atoms with Crippen LogP contribution in [0.3, 0.4) is 0 Å². The van der Waals surface area contributed by atoms with E-state index in [4.69, 9.17) is 4.74 Å². The lowest BCUT2D eigenvalue weighted by Gasteiger charge is -2.22. The van der Waals surface area contributed by atoms with Gasteiger partial charge in [-0.05, 0) is 61.2 Å². The molecule has 0 fully saturated rings. The monoisotopic (exact) mass is 345 g/mol. The zero-order valence-electron chi connectivity index (χ0n) is 12.3. The van der Waals surface area contributed by atoms with E-state index in [2.05, 4.69) is 60.4 Å². The molecule has 108 valence electrons. The summed E-state index contributed by atoms with van der Waals surface area (Å²) in [6.45, 7) is 8.10. The van der Waals surface area contributed by atoms with Crippen LogP contribution >= 0.6 is 27.7 Å². The highest BCUT2D eigenvalue weighted by Gasteiger charge is 2.12. The molecule has 1 N–H and O–H groups in total. The quantitative estimate of drug-likeness (QED) is 0.736. The number of nitrogens with one attached hydrogen (secondary N) is 1. The van der Waals surface area contributed by atoms with Crippen molar-refractivity contribution in [3.05, 3.63) is 28.2 Å². The molecule has 1 rings (SSSR count). The van der Waals surface area contributed by atoms with Gasteiger partial charge in [0.2, 0.25) is 0 Å². The Bertz CT molecular complexity index is 390. The van der Waals surface area contributed by atoms with E-state index in [1.807, 2.05) is 17.8 Å². The van der Waals surface area contributed by atoms with Crippen molar-refractivity contribution >= 4 is 27.7 Å². The second-order valence-corrected chi connectivity index (χ2v) is 7.37. The second-order valence-electron chi connectivity index (χ2n) is 5.53. The number of hydrogen-bond donors (Lipinski definition) is 1. The van der Waals surface area contributed by atoms with E-state index in [0.717, 1.165) is 35.5 Å². The highest BCUT2D eigenvalue weighted by molar-refractivity contribution is 9.10. The zero-order chi connectivity index (χ0) is 14.3. The van der Waals surface area contributed by atoms with E-state index in [1.165, 1.54) is 5.56 Å². The maximum Gasteiger partial charge on any atom is 0.137 e. The number of rotatable bonds is 7. The average molecular weight is 346 g/mol. The summed E-state index contributed by atoms with van der Waals surface area (Å²) >= 11 is 5.43. The summed E-state index contributed by atoms with van der Waals surface area (Å²) < 4.78 is 6.97. The van der Waals surface area contributed by atoms with Crippen LogP contribution in [-0.4, -0.2) is 24.2 Å². The molecule has 0 aliphatic heterocycles. The third-order valence-corrected chi connectivity index (χ3v) is 3.92. The van der Waals surface area contributed by atoms with Gasteiger partial charge in [-0.2, -0.15) is 11.8 Å². The standard InChI is InChI=1S/C15H24BrNOS/c1-15(2,3)17-11-12-7-5-8-13(16)14(12)18-9-6-10-19-4/h5,7-8,17H,6,9-11H2,1-4H3. The van der Waals surface area contributed by atoms with Crippen LogP contribution in [0.4, 0.5) is 0 Å². The fraction of sp³-hybridized carbons (Fsp3) is 0.600. The number of hydrogen-bond acceptors (Lipinski definition) is 3. The number of para-hydroxylation sites is 1. The molecule has 0 saturated heterocycles. The van der Waals surface area contributed by atoms with Gasteiger partial charge in [0.05, 0.1) is 11.1 Å². The summed E-state index contributed by atoms with van der Waals surface area (Å²) in [6, 6.07) is 6.20. The Labute approximate surface area is 129 Å². The van der Waals surface area contributed by atoms with Gasteiger partial charge in [-0.3, -0.25) is 0 Å². The van der Waals surface area contributed by atoms with Crippen LogP contribution in [0.5, 0.6) is 5.75 Å². The van der Waals surface area contributed by atoms with E-state index in [1.54, 1.807) is 0 Å². The molecule has 2 nitrogen and oxygen atoms in total. The molecule has 0 atom stereocenters. The first kappa shape index (κ1) is 16.9. The van der Waals surface area contributed by atoms with Crippen LogP contribution < -0.4 is 10.1 Å². The number of ether oxygens (including phenoxy) is 1. The normalized spacial score (nSPS) is 11.6. The lowest BCUT2D eigenvalue weighted by atomic mass is 10.1. The van der Waals surface area contributed by atoms with Gasteiger partial charge in [0, 0.05) is 17.6 Å². The van der Waals surface area contributed by atoms with Crippen LogP contribution in [0.25, 0.3) is 0 Å². The maximum atomic E-state index is 5.94. The minimum atomic E-state index is 0.110. The molecular formula is C15H24BrNOS. The lowest BCUT2D eigenvalue weighted by molar-refractivity contribution is 0.310. The molecular weight excluding hydrogens is 322 g/mol. The number of halogens is 1. The van der Waals surface area contributed by atoms with Crippen molar-refractivity contribution in [2.45, 2.75) is 39.3 Å². The molecule has 0 radical (unpaired) electrons. The van der Waals surface area contributed by atoms with Crippen molar-refractivity contribution in [2.24, 2.45) is 0 Å². The fourth-order valence-corrected chi connectivity index (χ4v) is 2.52. The SMILES string of the molecule is CSCCCOc1c(Br)cccc1CNC(C)(C)C. The van der Waals surface area contributed by atoms with Crippen molar-refractivity contribution in [3.63, 3.8) is 0 Å². The minimum Gasteiger partial charge on any atom is -0.492 e. The Balaban J connectivity index is 2.66. The molecule has 0 aliphatic carbocycles. The van der Waals surface area contributed by atoms with Gasteiger partial charge in [0.25, 0.3) is 0 Å². The Morgan fingerprint density at radius 3 is 2.68 bits per heavy atom. The second kappa shape index (κ2) is 8.18. The summed E-state index contributed by atoms with van der Waals surface area (Å²) in [5.41, 5.74) is 1.31. The van der Waals surface area contributed by atoms with Crippen molar-refractivity contribution in [3.8, 4) is 5.75 Å². The highest BCUT2D eigenvalue weighted by atomic mass is 79.9. The number of thioether (sulfide) groups is 1. The summed E-state index contributed by atoms with van der Waals surface area (Å²) in [5.74, 6) is 2.11. The summed E-state index contributed by atoms with van der Waals surface area (Å²) in [7, 11) is 0. The molecule has 0 heterocycles. The molecule has 0 amide bonds. The van der Waals surface area contributed by atoms with Gasteiger partial charge in [-0.15, -0.1) is 0 Å². The van der Waals surface area contributed by atoms with Crippen LogP contribution in [0.2, 0.25) is 0 Å². The molecule has 0 bridgehead atoms. The predicted octanol–water partition coefficient (Wildman–Crippen LogP) is 4.47. The van der Waals surface area contributed by atoms with Crippen molar-refractivity contribution < 1.29 is 4.74 Å². The molecule has 1 aromatic rings. The van der Waals surface area contributed by atoms with Gasteiger partial charge in [0.1, 0.15) is 5.75 Å². The van der Waals surface area contributed by atoms with Crippen LogP contribution in [-0.2, 0) is 6.54 Å². The summed E-state index contributed by atoms with van der Waals surface area (Å²) in [5, 5.41) is 3.50. The van der Waals surface area contributed by atoms with Crippen molar-refractivity contribution in [2.75, 3.05) is 18.6 Å². The Morgan fingerprint density at radius 1 is 1.32 bits per heavy atom. The summed E-state index contributed by atoms with van der Waals surface area (Å²) in [6.07, 6.45) is 3.20. The molecule has 0 aromatic heterocycles. The van der Waals surface area contributed by atoms with Gasteiger partial charge in [-0.25, -0.2) is 0 Å². The molecule has 0 aliphatic rings. The van der Waals surface area contributed by atoms with E-state index in [9.17, 15) is 0 Å². The summed E-state index contributed by atoms with van der Waals surface area (Å²) in [4.78, 5) is 0. The third-order valence-electron chi connectivity index (χ3n) is 2.60. The first-order valence-corrected chi connectivity index (χ1v) is 8.77. The van der Waals surface area contributed by atoms with Gasteiger partial charge < -0.3 is 10.1 Å². The molecule has 0 saturated carbocycles. The first-order valence-electron chi connectivity index (χ1n) is 6.58. The fourth-order valence-electron chi connectivity index (χ4n) is 1.59. The molecule has 0 unspecified atom stereocenters. The Morgan fingerprint density at radius 2 is 2.05 bits per heavy atom. The minimum absolute atomic E-state index is 0.110. The van der Waals surface area contributed by atoms with Crippen LogP contribution in [0.15, 0.2) is 22.7 Å². The Hall–Kier alpha value is -0.190.